The summed E-state index contributed by atoms with van der Waals surface area (Å²) in [5.41, 5.74) is 8.52. The van der Waals surface area contributed by atoms with Gasteiger partial charge in [-0.05, 0) is 38.7 Å². The molecule has 0 radical (unpaired) electrons. The van der Waals surface area contributed by atoms with Gasteiger partial charge in [0.05, 0.1) is 17.4 Å². The van der Waals surface area contributed by atoms with Gasteiger partial charge in [-0.15, -0.1) is 0 Å². The molecule has 3 rings (SSSR count). The number of nitrogens with two attached hydrogens (primary N) is 1. The number of aromatic nitrogens is 2. The fourth-order valence-electron chi connectivity index (χ4n) is 2.28. The molecule has 1 aromatic rings. The maximum atomic E-state index is 5.99. The predicted octanol–water partition coefficient (Wildman–Crippen LogP) is 2.51. The standard InChI is InChI=1S/C12H19N3/c1-8(13)12-7-11(9-3-2-4-9)14-15(12)10-5-6-10/h7-10H,2-6,13H2,1H3. The second-order valence-corrected chi connectivity index (χ2v) is 5.09. The van der Waals surface area contributed by atoms with Crippen LogP contribution >= 0.6 is 0 Å². The van der Waals surface area contributed by atoms with Gasteiger partial charge in [-0.1, -0.05) is 6.42 Å². The Labute approximate surface area is 90.7 Å². The van der Waals surface area contributed by atoms with Gasteiger partial charge in [0.25, 0.3) is 0 Å². The summed E-state index contributed by atoms with van der Waals surface area (Å²) in [6.45, 7) is 2.06. The molecule has 2 saturated carbocycles. The Bertz CT molecular complexity index is 339. The zero-order valence-electron chi connectivity index (χ0n) is 9.32. The minimum Gasteiger partial charge on any atom is -0.323 e. The SMILES string of the molecule is CC(N)c1cc(C2CCC2)nn1C1CC1. The molecule has 0 aliphatic heterocycles. The van der Waals surface area contributed by atoms with E-state index in [0.29, 0.717) is 6.04 Å². The van der Waals surface area contributed by atoms with Gasteiger partial charge >= 0.3 is 0 Å². The third-order valence-electron chi connectivity index (χ3n) is 3.67. The fourth-order valence-corrected chi connectivity index (χ4v) is 2.28. The maximum absolute atomic E-state index is 5.99. The van der Waals surface area contributed by atoms with Gasteiger partial charge in [0, 0.05) is 12.0 Å². The molecule has 0 spiro atoms. The molecule has 0 saturated heterocycles. The topological polar surface area (TPSA) is 43.8 Å². The second kappa shape index (κ2) is 3.34. The van der Waals surface area contributed by atoms with Crippen LogP contribution in [-0.4, -0.2) is 9.78 Å². The molecule has 0 bridgehead atoms. The van der Waals surface area contributed by atoms with Crippen molar-refractivity contribution in [2.24, 2.45) is 5.73 Å². The van der Waals surface area contributed by atoms with E-state index < -0.39 is 0 Å². The van der Waals surface area contributed by atoms with E-state index in [1.54, 1.807) is 0 Å². The molecule has 3 nitrogen and oxygen atoms in total. The Hall–Kier alpha value is -0.830. The number of nitrogens with zero attached hydrogens (tertiary/aromatic N) is 2. The summed E-state index contributed by atoms with van der Waals surface area (Å²) in [4.78, 5) is 0. The molecule has 2 aliphatic rings. The maximum Gasteiger partial charge on any atom is 0.0659 e. The summed E-state index contributed by atoms with van der Waals surface area (Å²) in [7, 11) is 0. The summed E-state index contributed by atoms with van der Waals surface area (Å²) in [6, 6.07) is 3.01. The third-order valence-corrected chi connectivity index (χ3v) is 3.67. The smallest absolute Gasteiger partial charge is 0.0659 e. The van der Waals surface area contributed by atoms with Crippen molar-refractivity contribution in [3.63, 3.8) is 0 Å². The molecule has 0 aromatic carbocycles. The Morgan fingerprint density at radius 2 is 2.13 bits per heavy atom. The molecule has 3 heteroatoms. The molecular formula is C12H19N3. The molecule has 15 heavy (non-hydrogen) atoms. The van der Waals surface area contributed by atoms with Gasteiger partial charge in [0.2, 0.25) is 0 Å². The number of hydrogen-bond donors (Lipinski definition) is 1. The van der Waals surface area contributed by atoms with Crippen molar-refractivity contribution in [3.05, 3.63) is 17.5 Å². The molecule has 0 amide bonds. The van der Waals surface area contributed by atoms with Crippen molar-refractivity contribution in [1.82, 2.24) is 9.78 Å². The predicted molar refractivity (Wildman–Crippen MR) is 59.7 cm³/mol. The molecule has 1 heterocycles. The summed E-state index contributed by atoms with van der Waals surface area (Å²) in [5.74, 6) is 0.725. The van der Waals surface area contributed by atoms with Crippen LogP contribution < -0.4 is 5.73 Å². The Morgan fingerprint density at radius 1 is 1.40 bits per heavy atom. The lowest BCUT2D eigenvalue weighted by molar-refractivity contribution is 0.405. The highest BCUT2D eigenvalue weighted by atomic mass is 15.3. The van der Waals surface area contributed by atoms with Crippen molar-refractivity contribution in [3.8, 4) is 0 Å². The molecule has 2 fully saturated rings. The first-order valence-electron chi connectivity index (χ1n) is 6.10. The third kappa shape index (κ3) is 1.59. The zero-order valence-corrected chi connectivity index (χ0v) is 9.32. The van der Waals surface area contributed by atoms with Gasteiger partial charge in [-0.3, -0.25) is 4.68 Å². The zero-order chi connectivity index (χ0) is 10.4. The highest BCUT2D eigenvalue weighted by Crippen LogP contribution is 2.40. The van der Waals surface area contributed by atoms with Crippen molar-refractivity contribution in [2.75, 3.05) is 0 Å². The Kier molecular flexibility index (Phi) is 2.09. The first-order valence-corrected chi connectivity index (χ1v) is 6.10. The molecule has 2 aliphatic carbocycles. The van der Waals surface area contributed by atoms with Crippen LogP contribution in [0.5, 0.6) is 0 Å². The van der Waals surface area contributed by atoms with Gasteiger partial charge in [0.1, 0.15) is 0 Å². The van der Waals surface area contributed by atoms with Crippen LogP contribution in [0.25, 0.3) is 0 Å². The van der Waals surface area contributed by atoms with E-state index in [-0.39, 0.29) is 6.04 Å². The minimum atomic E-state index is 0.118. The van der Waals surface area contributed by atoms with E-state index in [0.717, 1.165) is 5.92 Å². The first-order chi connectivity index (χ1) is 7.25. The van der Waals surface area contributed by atoms with Gasteiger partial charge < -0.3 is 5.73 Å². The van der Waals surface area contributed by atoms with Gasteiger partial charge in [-0.25, -0.2) is 0 Å². The molecular weight excluding hydrogens is 186 g/mol. The van der Waals surface area contributed by atoms with Crippen LogP contribution in [0.2, 0.25) is 0 Å². The molecule has 82 valence electrons. The van der Waals surface area contributed by atoms with Crippen molar-refractivity contribution in [1.29, 1.82) is 0 Å². The minimum absolute atomic E-state index is 0.118. The van der Waals surface area contributed by atoms with Gasteiger partial charge in [0.15, 0.2) is 0 Å². The first kappa shape index (κ1) is 9.40. The quantitative estimate of drug-likeness (QED) is 0.824. The van der Waals surface area contributed by atoms with Crippen LogP contribution in [0.4, 0.5) is 0 Å². The van der Waals surface area contributed by atoms with E-state index in [1.807, 2.05) is 0 Å². The van der Waals surface area contributed by atoms with Crippen LogP contribution in [0.1, 0.15) is 68.4 Å². The normalized spacial score (nSPS) is 23.9. The van der Waals surface area contributed by atoms with Gasteiger partial charge in [-0.2, -0.15) is 5.10 Å². The van der Waals surface area contributed by atoms with Crippen LogP contribution in [-0.2, 0) is 0 Å². The van der Waals surface area contributed by atoms with E-state index in [9.17, 15) is 0 Å². The summed E-state index contributed by atoms with van der Waals surface area (Å²) in [5, 5.41) is 4.75. The molecule has 1 unspecified atom stereocenters. The monoisotopic (exact) mass is 205 g/mol. The highest BCUT2D eigenvalue weighted by Gasteiger charge is 2.30. The molecule has 2 N–H and O–H groups in total. The van der Waals surface area contributed by atoms with Crippen molar-refractivity contribution in [2.45, 2.75) is 57.0 Å². The average molecular weight is 205 g/mol. The van der Waals surface area contributed by atoms with Crippen LogP contribution in [0.15, 0.2) is 6.07 Å². The van der Waals surface area contributed by atoms with Crippen molar-refractivity contribution < 1.29 is 0 Å². The summed E-state index contributed by atoms with van der Waals surface area (Å²) < 4.78 is 2.19. The van der Waals surface area contributed by atoms with E-state index in [1.165, 1.54) is 43.5 Å². The largest absolute Gasteiger partial charge is 0.323 e. The van der Waals surface area contributed by atoms with Crippen LogP contribution in [0.3, 0.4) is 0 Å². The van der Waals surface area contributed by atoms with Crippen molar-refractivity contribution >= 4 is 0 Å². The lowest BCUT2D eigenvalue weighted by atomic mass is 9.83. The number of hydrogen-bond acceptors (Lipinski definition) is 2. The molecule has 1 atom stereocenters. The van der Waals surface area contributed by atoms with E-state index in [4.69, 9.17) is 10.8 Å². The van der Waals surface area contributed by atoms with Crippen LogP contribution in [0, 0.1) is 0 Å². The fraction of sp³-hybridized carbons (Fsp3) is 0.750. The number of rotatable bonds is 3. The molecule has 1 aromatic heterocycles. The summed E-state index contributed by atoms with van der Waals surface area (Å²) in [6.07, 6.45) is 6.58. The Balaban J connectivity index is 1.92. The Morgan fingerprint density at radius 3 is 2.60 bits per heavy atom. The lowest BCUT2D eigenvalue weighted by Crippen LogP contribution is -2.12. The lowest BCUT2D eigenvalue weighted by Gasteiger charge is -2.22. The van der Waals surface area contributed by atoms with E-state index >= 15 is 0 Å². The summed E-state index contributed by atoms with van der Waals surface area (Å²) >= 11 is 0. The average Bonchev–Trinajstić information content (AvgIpc) is 2.85. The highest BCUT2D eigenvalue weighted by molar-refractivity contribution is 5.20. The second-order valence-electron chi connectivity index (χ2n) is 5.09. The van der Waals surface area contributed by atoms with E-state index in [2.05, 4.69) is 17.7 Å².